The van der Waals surface area contributed by atoms with Crippen molar-refractivity contribution in [3.8, 4) is 0 Å². The van der Waals surface area contributed by atoms with Gasteiger partial charge < -0.3 is 10.6 Å². The van der Waals surface area contributed by atoms with Crippen molar-refractivity contribution in [2.24, 2.45) is 5.92 Å². The standard InChI is InChI=1S/C15H31N3O/c1-4-5-8-16-15(19)12-18-9-6-14(7-10-18)11-17-13(2)3/h13-14,17H,4-12H2,1-3H3,(H,16,19). The van der Waals surface area contributed by atoms with Crippen molar-refractivity contribution < 1.29 is 4.79 Å². The van der Waals surface area contributed by atoms with Crippen molar-refractivity contribution in [3.05, 3.63) is 0 Å². The Morgan fingerprint density at radius 3 is 2.58 bits per heavy atom. The van der Waals surface area contributed by atoms with Gasteiger partial charge in [0, 0.05) is 12.6 Å². The molecule has 0 spiro atoms. The lowest BCUT2D eigenvalue weighted by Gasteiger charge is -2.31. The highest BCUT2D eigenvalue weighted by molar-refractivity contribution is 5.77. The maximum atomic E-state index is 11.7. The number of hydrogen-bond acceptors (Lipinski definition) is 3. The van der Waals surface area contributed by atoms with E-state index in [9.17, 15) is 4.79 Å². The molecule has 0 radical (unpaired) electrons. The topological polar surface area (TPSA) is 44.4 Å². The fourth-order valence-electron chi connectivity index (χ4n) is 2.41. The second-order valence-electron chi connectivity index (χ2n) is 5.99. The maximum absolute atomic E-state index is 11.7. The van der Waals surface area contributed by atoms with Crippen molar-refractivity contribution in [3.63, 3.8) is 0 Å². The molecule has 0 unspecified atom stereocenters. The third-order valence-corrected chi connectivity index (χ3v) is 3.74. The minimum absolute atomic E-state index is 0.187. The van der Waals surface area contributed by atoms with Gasteiger partial charge in [-0.2, -0.15) is 0 Å². The Hall–Kier alpha value is -0.610. The molecule has 1 amide bonds. The fraction of sp³-hybridized carbons (Fsp3) is 0.933. The van der Waals surface area contributed by atoms with Crippen molar-refractivity contribution in [2.75, 3.05) is 32.7 Å². The molecule has 0 aromatic heterocycles. The van der Waals surface area contributed by atoms with E-state index in [0.717, 1.165) is 44.9 Å². The molecule has 1 fully saturated rings. The van der Waals surface area contributed by atoms with Crippen LogP contribution in [0.3, 0.4) is 0 Å². The zero-order chi connectivity index (χ0) is 14.1. The minimum Gasteiger partial charge on any atom is -0.355 e. The molecule has 0 aliphatic carbocycles. The van der Waals surface area contributed by atoms with Gasteiger partial charge in [-0.05, 0) is 44.8 Å². The maximum Gasteiger partial charge on any atom is 0.234 e. The van der Waals surface area contributed by atoms with Crippen LogP contribution in [-0.4, -0.2) is 49.6 Å². The summed E-state index contributed by atoms with van der Waals surface area (Å²) < 4.78 is 0. The molecule has 4 heteroatoms. The highest BCUT2D eigenvalue weighted by Crippen LogP contribution is 2.16. The molecule has 1 aliphatic heterocycles. The van der Waals surface area contributed by atoms with E-state index in [-0.39, 0.29) is 5.91 Å². The zero-order valence-corrected chi connectivity index (χ0v) is 12.9. The highest BCUT2D eigenvalue weighted by Gasteiger charge is 2.20. The number of nitrogens with one attached hydrogen (secondary N) is 2. The summed E-state index contributed by atoms with van der Waals surface area (Å²) in [6.07, 6.45) is 4.63. The summed E-state index contributed by atoms with van der Waals surface area (Å²) in [4.78, 5) is 14.0. The van der Waals surface area contributed by atoms with E-state index >= 15 is 0 Å². The van der Waals surface area contributed by atoms with Crippen LogP contribution < -0.4 is 10.6 Å². The van der Waals surface area contributed by atoms with Crippen LogP contribution in [0.15, 0.2) is 0 Å². The van der Waals surface area contributed by atoms with Gasteiger partial charge in [-0.3, -0.25) is 9.69 Å². The third kappa shape index (κ3) is 7.53. The second-order valence-corrected chi connectivity index (χ2v) is 5.99. The van der Waals surface area contributed by atoms with E-state index in [4.69, 9.17) is 0 Å². The van der Waals surface area contributed by atoms with Crippen molar-refractivity contribution in [1.82, 2.24) is 15.5 Å². The largest absolute Gasteiger partial charge is 0.355 e. The smallest absolute Gasteiger partial charge is 0.234 e. The first-order valence-corrected chi connectivity index (χ1v) is 7.84. The highest BCUT2D eigenvalue weighted by atomic mass is 16.2. The van der Waals surface area contributed by atoms with Crippen LogP contribution >= 0.6 is 0 Å². The normalized spacial score (nSPS) is 17.9. The van der Waals surface area contributed by atoms with Gasteiger partial charge in [-0.1, -0.05) is 27.2 Å². The van der Waals surface area contributed by atoms with Gasteiger partial charge in [-0.15, -0.1) is 0 Å². The number of piperidine rings is 1. The molecule has 1 aliphatic rings. The molecule has 0 aromatic carbocycles. The number of carbonyl (C=O) groups excluding carboxylic acids is 1. The number of carbonyl (C=O) groups is 1. The van der Waals surface area contributed by atoms with Gasteiger partial charge in [0.2, 0.25) is 5.91 Å². The number of likely N-dealkylation sites (tertiary alicyclic amines) is 1. The van der Waals surface area contributed by atoms with Crippen molar-refractivity contribution in [1.29, 1.82) is 0 Å². The van der Waals surface area contributed by atoms with E-state index < -0.39 is 0 Å². The van der Waals surface area contributed by atoms with E-state index in [0.29, 0.717) is 12.6 Å². The molecule has 0 atom stereocenters. The average molecular weight is 269 g/mol. The molecule has 1 saturated heterocycles. The van der Waals surface area contributed by atoms with Gasteiger partial charge in [0.25, 0.3) is 0 Å². The van der Waals surface area contributed by atoms with Gasteiger partial charge >= 0.3 is 0 Å². The van der Waals surface area contributed by atoms with E-state index in [2.05, 4.69) is 36.3 Å². The van der Waals surface area contributed by atoms with Crippen LogP contribution in [0.1, 0.15) is 46.5 Å². The van der Waals surface area contributed by atoms with Gasteiger partial charge in [0.05, 0.1) is 6.54 Å². The number of unbranched alkanes of at least 4 members (excludes halogenated alkanes) is 1. The lowest BCUT2D eigenvalue weighted by atomic mass is 9.96. The number of rotatable bonds is 8. The number of nitrogens with zero attached hydrogens (tertiary/aromatic N) is 1. The summed E-state index contributed by atoms with van der Waals surface area (Å²) in [6.45, 7) is 11.2. The molecule has 4 nitrogen and oxygen atoms in total. The van der Waals surface area contributed by atoms with Crippen LogP contribution in [0.2, 0.25) is 0 Å². The summed E-state index contributed by atoms with van der Waals surface area (Å²) in [5, 5.41) is 6.50. The third-order valence-electron chi connectivity index (χ3n) is 3.74. The first kappa shape index (κ1) is 16.4. The Morgan fingerprint density at radius 1 is 1.32 bits per heavy atom. The van der Waals surface area contributed by atoms with Gasteiger partial charge in [-0.25, -0.2) is 0 Å². The predicted octanol–water partition coefficient (Wildman–Crippen LogP) is 1.61. The van der Waals surface area contributed by atoms with Crippen LogP contribution in [0.25, 0.3) is 0 Å². The lowest BCUT2D eigenvalue weighted by Crippen LogP contribution is -2.43. The first-order chi connectivity index (χ1) is 9.11. The van der Waals surface area contributed by atoms with Crippen molar-refractivity contribution in [2.45, 2.75) is 52.5 Å². The monoisotopic (exact) mass is 269 g/mol. The summed E-state index contributed by atoms with van der Waals surface area (Å²) in [6, 6.07) is 0.572. The molecule has 0 aromatic rings. The number of hydrogen-bond donors (Lipinski definition) is 2. The van der Waals surface area contributed by atoms with Crippen LogP contribution in [0.5, 0.6) is 0 Å². The quantitative estimate of drug-likeness (QED) is 0.658. The Bertz CT molecular complexity index is 248. The molecule has 0 bridgehead atoms. The second kappa shape index (κ2) is 9.32. The molecule has 19 heavy (non-hydrogen) atoms. The molecule has 1 rings (SSSR count). The van der Waals surface area contributed by atoms with E-state index in [1.807, 2.05) is 0 Å². The van der Waals surface area contributed by atoms with Crippen LogP contribution in [-0.2, 0) is 4.79 Å². The first-order valence-electron chi connectivity index (χ1n) is 7.84. The van der Waals surface area contributed by atoms with Crippen LogP contribution in [0.4, 0.5) is 0 Å². The molecular weight excluding hydrogens is 238 g/mol. The Labute approximate surface area is 118 Å². The molecular formula is C15H31N3O. The Morgan fingerprint density at radius 2 is 2.00 bits per heavy atom. The molecule has 2 N–H and O–H groups in total. The predicted molar refractivity (Wildman–Crippen MR) is 80.2 cm³/mol. The lowest BCUT2D eigenvalue weighted by molar-refractivity contribution is -0.122. The van der Waals surface area contributed by atoms with E-state index in [1.54, 1.807) is 0 Å². The fourth-order valence-corrected chi connectivity index (χ4v) is 2.41. The van der Waals surface area contributed by atoms with E-state index in [1.165, 1.54) is 12.8 Å². The SMILES string of the molecule is CCCCNC(=O)CN1CCC(CNC(C)C)CC1. The Kier molecular flexibility index (Phi) is 8.07. The molecule has 112 valence electrons. The zero-order valence-electron chi connectivity index (χ0n) is 12.9. The van der Waals surface area contributed by atoms with Crippen LogP contribution in [0, 0.1) is 5.92 Å². The van der Waals surface area contributed by atoms with Crippen molar-refractivity contribution >= 4 is 5.91 Å². The summed E-state index contributed by atoms with van der Waals surface area (Å²) in [5.41, 5.74) is 0. The number of amides is 1. The molecule has 0 saturated carbocycles. The van der Waals surface area contributed by atoms with Gasteiger partial charge in [0.15, 0.2) is 0 Å². The Balaban J connectivity index is 2.10. The molecule has 1 heterocycles. The summed E-state index contributed by atoms with van der Waals surface area (Å²) in [7, 11) is 0. The summed E-state index contributed by atoms with van der Waals surface area (Å²) in [5.74, 6) is 0.967. The van der Waals surface area contributed by atoms with Gasteiger partial charge in [0.1, 0.15) is 0 Å². The summed E-state index contributed by atoms with van der Waals surface area (Å²) >= 11 is 0. The average Bonchev–Trinajstić information content (AvgIpc) is 2.38. The minimum atomic E-state index is 0.187.